The van der Waals surface area contributed by atoms with Gasteiger partial charge in [-0.3, -0.25) is 4.79 Å². The number of carboxylic acid groups (broad SMARTS) is 1. The highest BCUT2D eigenvalue weighted by Gasteiger charge is 2.13. The smallest absolute Gasteiger partial charge is 0.325 e. The summed E-state index contributed by atoms with van der Waals surface area (Å²) >= 11 is 1.15. The van der Waals surface area contributed by atoms with Crippen molar-refractivity contribution in [1.82, 2.24) is 20.2 Å². The minimum absolute atomic E-state index is 0.160. The number of rotatable bonds is 6. The van der Waals surface area contributed by atoms with Crippen molar-refractivity contribution >= 4 is 17.7 Å². The molecule has 2 rings (SSSR count). The lowest BCUT2D eigenvalue weighted by atomic mass is 10.2. The van der Waals surface area contributed by atoms with Gasteiger partial charge in [0, 0.05) is 11.3 Å². The number of methoxy groups -OCH3 is 1. The summed E-state index contributed by atoms with van der Waals surface area (Å²) in [7, 11) is 1.39. The van der Waals surface area contributed by atoms with Crippen LogP contribution in [-0.4, -0.2) is 38.4 Å². The van der Waals surface area contributed by atoms with E-state index in [2.05, 4.69) is 15.5 Å². The molecule has 0 saturated heterocycles. The van der Waals surface area contributed by atoms with Crippen LogP contribution in [0.1, 0.15) is 5.56 Å². The largest absolute Gasteiger partial charge is 0.494 e. The zero-order valence-corrected chi connectivity index (χ0v) is 11.3. The molecule has 106 valence electrons. The second-order valence-corrected chi connectivity index (χ2v) is 4.68. The SMILES string of the molecule is COc1cccc(CSc2nnnn2CC(=O)O)c1F. The van der Waals surface area contributed by atoms with Gasteiger partial charge in [-0.1, -0.05) is 23.9 Å². The van der Waals surface area contributed by atoms with E-state index in [1.54, 1.807) is 12.1 Å². The second kappa shape index (κ2) is 6.33. The second-order valence-electron chi connectivity index (χ2n) is 3.73. The molecule has 2 aromatic rings. The molecule has 1 aromatic carbocycles. The van der Waals surface area contributed by atoms with Crippen molar-refractivity contribution in [1.29, 1.82) is 0 Å². The predicted molar refractivity (Wildman–Crippen MR) is 68.0 cm³/mol. The van der Waals surface area contributed by atoms with Crippen LogP contribution in [-0.2, 0) is 17.1 Å². The Morgan fingerprint density at radius 3 is 3.05 bits per heavy atom. The number of ether oxygens (including phenoxy) is 1. The van der Waals surface area contributed by atoms with Gasteiger partial charge in [0.1, 0.15) is 6.54 Å². The van der Waals surface area contributed by atoms with E-state index in [0.29, 0.717) is 10.7 Å². The normalized spacial score (nSPS) is 10.5. The average molecular weight is 298 g/mol. The molecule has 0 bridgehead atoms. The molecule has 9 heteroatoms. The Labute approximate surface area is 117 Å². The molecule has 0 aliphatic carbocycles. The van der Waals surface area contributed by atoms with E-state index in [1.807, 2.05) is 0 Å². The summed E-state index contributed by atoms with van der Waals surface area (Å²) in [6, 6.07) is 4.83. The van der Waals surface area contributed by atoms with Gasteiger partial charge in [-0.2, -0.15) is 0 Å². The molecule has 1 aromatic heterocycles. The Kier molecular flexibility index (Phi) is 4.51. The molecule has 0 unspecified atom stereocenters. The van der Waals surface area contributed by atoms with Crippen LogP contribution in [0.3, 0.4) is 0 Å². The molecule has 0 radical (unpaired) electrons. The fraction of sp³-hybridized carbons (Fsp3) is 0.273. The molecule has 1 N–H and O–H groups in total. The third-order valence-corrected chi connectivity index (χ3v) is 3.41. The summed E-state index contributed by atoms with van der Waals surface area (Å²) < 4.78 is 20.0. The van der Waals surface area contributed by atoms with Gasteiger partial charge in [0.05, 0.1) is 7.11 Å². The van der Waals surface area contributed by atoms with Crippen LogP contribution in [0, 0.1) is 5.82 Å². The molecule has 0 spiro atoms. The lowest BCUT2D eigenvalue weighted by Crippen LogP contribution is -2.11. The molecule has 0 saturated carbocycles. The molecule has 0 atom stereocenters. The van der Waals surface area contributed by atoms with E-state index in [9.17, 15) is 9.18 Å². The summed E-state index contributed by atoms with van der Waals surface area (Å²) in [5, 5.41) is 19.7. The van der Waals surface area contributed by atoms with Crippen LogP contribution in [0.15, 0.2) is 23.4 Å². The summed E-state index contributed by atoms with van der Waals surface area (Å²) in [6.45, 7) is -0.337. The van der Waals surface area contributed by atoms with Crippen molar-refractivity contribution in [3.8, 4) is 5.75 Å². The number of aliphatic carboxylic acids is 1. The van der Waals surface area contributed by atoms with E-state index in [4.69, 9.17) is 9.84 Å². The zero-order valence-electron chi connectivity index (χ0n) is 10.5. The first-order chi connectivity index (χ1) is 9.61. The molecular weight excluding hydrogens is 287 g/mol. The molecule has 20 heavy (non-hydrogen) atoms. The maximum Gasteiger partial charge on any atom is 0.325 e. The summed E-state index contributed by atoms with van der Waals surface area (Å²) in [5.74, 6) is -1.07. The molecule has 0 aliphatic heterocycles. The van der Waals surface area contributed by atoms with Gasteiger partial charge in [-0.15, -0.1) is 5.10 Å². The van der Waals surface area contributed by atoms with Gasteiger partial charge in [0.15, 0.2) is 11.6 Å². The monoisotopic (exact) mass is 298 g/mol. The van der Waals surface area contributed by atoms with Crippen LogP contribution >= 0.6 is 11.8 Å². The number of hydrogen-bond donors (Lipinski definition) is 1. The minimum Gasteiger partial charge on any atom is -0.494 e. The maximum absolute atomic E-state index is 13.9. The van der Waals surface area contributed by atoms with Crippen molar-refractivity contribution in [3.05, 3.63) is 29.6 Å². The fourth-order valence-electron chi connectivity index (χ4n) is 1.49. The average Bonchev–Trinajstić information content (AvgIpc) is 2.84. The standard InChI is InChI=1S/C11H11FN4O3S/c1-19-8-4-2-3-7(10(8)12)6-20-11-13-14-15-16(11)5-9(17)18/h2-4H,5-6H2,1H3,(H,17,18). The minimum atomic E-state index is -1.05. The number of halogens is 1. The first kappa shape index (κ1) is 14.3. The summed E-state index contributed by atoms with van der Waals surface area (Å²) in [6.07, 6.45) is 0. The van der Waals surface area contributed by atoms with Crippen molar-refractivity contribution < 1.29 is 19.0 Å². The Balaban J connectivity index is 2.09. The van der Waals surface area contributed by atoms with Crippen molar-refractivity contribution in [3.63, 3.8) is 0 Å². The van der Waals surface area contributed by atoms with E-state index >= 15 is 0 Å². The highest BCUT2D eigenvalue weighted by atomic mass is 32.2. The quantitative estimate of drug-likeness (QED) is 0.801. The topological polar surface area (TPSA) is 90.1 Å². The third-order valence-electron chi connectivity index (χ3n) is 2.40. The molecule has 0 fully saturated rings. The van der Waals surface area contributed by atoms with Gasteiger partial charge < -0.3 is 9.84 Å². The summed E-state index contributed by atoms with van der Waals surface area (Å²) in [5.41, 5.74) is 0.430. The predicted octanol–water partition coefficient (Wildman–Crippen LogP) is 1.20. The number of benzene rings is 1. The van der Waals surface area contributed by atoms with Gasteiger partial charge in [0.25, 0.3) is 0 Å². The molecule has 1 heterocycles. The third kappa shape index (κ3) is 3.23. The first-order valence-corrected chi connectivity index (χ1v) is 6.52. The Morgan fingerprint density at radius 1 is 1.55 bits per heavy atom. The van der Waals surface area contributed by atoms with Crippen LogP contribution in [0.4, 0.5) is 4.39 Å². The van der Waals surface area contributed by atoms with Gasteiger partial charge in [-0.05, 0) is 16.5 Å². The Bertz CT molecular complexity index is 619. The fourth-order valence-corrected chi connectivity index (χ4v) is 2.35. The van der Waals surface area contributed by atoms with E-state index < -0.39 is 11.8 Å². The number of tetrazole rings is 1. The number of aromatic nitrogens is 4. The molecular formula is C11H11FN4O3S. The van der Waals surface area contributed by atoms with Crippen molar-refractivity contribution in [2.45, 2.75) is 17.5 Å². The van der Waals surface area contributed by atoms with E-state index in [-0.39, 0.29) is 18.0 Å². The van der Waals surface area contributed by atoms with Gasteiger partial charge in [0.2, 0.25) is 5.16 Å². The van der Waals surface area contributed by atoms with Crippen LogP contribution in [0.2, 0.25) is 0 Å². The zero-order chi connectivity index (χ0) is 14.5. The Hall–Kier alpha value is -2.16. The number of hydrogen-bond acceptors (Lipinski definition) is 6. The van der Waals surface area contributed by atoms with Crippen molar-refractivity contribution in [2.75, 3.05) is 7.11 Å². The van der Waals surface area contributed by atoms with E-state index in [1.165, 1.54) is 13.2 Å². The molecule has 0 amide bonds. The van der Waals surface area contributed by atoms with Crippen molar-refractivity contribution in [2.24, 2.45) is 0 Å². The number of carbonyl (C=O) groups is 1. The highest BCUT2D eigenvalue weighted by molar-refractivity contribution is 7.98. The number of nitrogens with zero attached hydrogens (tertiary/aromatic N) is 4. The van der Waals surface area contributed by atoms with Crippen LogP contribution in [0.25, 0.3) is 0 Å². The molecule has 0 aliphatic rings. The maximum atomic E-state index is 13.9. The Morgan fingerprint density at radius 2 is 2.35 bits per heavy atom. The summed E-state index contributed by atoms with van der Waals surface area (Å²) in [4.78, 5) is 10.6. The van der Waals surface area contributed by atoms with Gasteiger partial charge >= 0.3 is 5.97 Å². The highest BCUT2D eigenvalue weighted by Crippen LogP contribution is 2.26. The lowest BCUT2D eigenvalue weighted by molar-refractivity contribution is -0.138. The first-order valence-electron chi connectivity index (χ1n) is 5.54. The number of thioether (sulfide) groups is 1. The molecule has 7 nitrogen and oxygen atoms in total. The van der Waals surface area contributed by atoms with Crippen LogP contribution < -0.4 is 4.74 Å². The van der Waals surface area contributed by atoms with E-state index in [0.717, 1.165) is 16.4 Å². The van der Waals surface area contributed by atoms with Crippen LogP contribution in [0.5, 0.6) is 5.75 Å². The lowest BCUT2D eigenvalue weighted by Gasteiger charge is -2.06. The number of carboxylic acids is 1. The van der Waals surface area contributed by atoms with Gasteiger partial charge in [-0.25, -0.2) is 9.07 Å².